The highest BCUT2D eigenvalue weighted by atomic mass is 19.4. The SMILES string of the molecule is CNC(CN1CCCC(C(F)(F)F)C1)c1ccccc1F. The molecule has 1 aromatic rings. The van der Waals surface area contributed by atoms with Crippen molar-refractivity contribution < 1.29 is 17.6 Å². The van der Waals surface area contributed by atoms with Gasteiger partial charge in [-0.1, -0.05) is 18.2 Å². The molecule has 1 heterocycles. The van der Waals surface area contributed by atoms with Gasteiger partial charge in [0, 0.05) is 24.7 Å². The molecule has 0 aromatic heterocycles. The maximum atomic E-state index is 13.8. The number of hydrogen-bond donors (Lipinski definition) is 1. The first-order valence-electron chi connectivity index (χ1n) is 7.12. The minimum Gasteiger partial charge on any atom is -0.312 e. The number of rotatable bonds is 4. The van der Waals surface area contributed by atoms with Crippen LogP contribution >= 0.6 is 0 Å². The first-order chi connectivity index (χ1) is 9.91. The molecular formula is C15H20F4N2. The predicted octanol–water partition coefficient (Wildman–Crippen LogP) is 3.36. The summed E-state index contributed by atoms with van der Waals surface area (Å²) < 4.78 is 52.3. The van der Waals surface area contributed by atoms with Gasteiger partial charge in [-0.15, -0.1) is 0 Å². The zero-order chi connectivity index (χ0) is 15.5. The van der Waals surface area contributed by atoms with Crippen LogP contribution in [0.5, 0.6) is 0 Å². The summed E-state index contributed by atoms with van der Waals surface area (Å²) in [6.07, 6.45) is -3.44. The van der Waals surface area contributed by atoms with Crippen LogP contribution in [0.25, 0.3) is 0 Å². The summed E-state index contributed by atoms with van der Waals surface area (Å²) >= 11 is 0. The molecule has 2 nitrogen and oxygen atoms in total. The zero-order valence-corrected chi connectivity index (χ0v) is 12.0. The van der Waals surface area contributed by atoms with Gasteiger partial charge >= 0.3 is 6.18 Å². The van der Waals surface area contributed by atoms with E-state index in [9.17, 15) is 17.6 Å². The quantitative estimate of drug-likeness (QED) is 0.858. The summed E-state index contributed by atoms with van der Waals surface area (Å²) in [7, 11) is 1.70. The fourth-order valence-electron chi connectivity index (χ4n) is 2.85. The maximum absolute atomic E-state index is 13.8. The first kappa shape index (κ1) is 16.2. The molecule has 0 radical (unpaired) electrons. The van der Waals surface area contributed by atoms with Crippen molar-refractivity contribution >= 4 is 0 Å². The maximum Gasteiger partial charge on any atom is 0.393 e. The predicted molar refractivity (Wildman–Crippen MR) is 73.4 cm³/mol. The summed E-state index contributed by atoms with van der Waals surface area (Å²) in [6, 6.07) is 6.07. The summed E-state index contributed by atoms with van der Waals surface area (Å²) in [5, 5.41) is 3.00. The molecule has 1 saturated heterocycles. The van der Waals surface area contributed by atoms with Gasteiger partial charge in [-0.2, -0.15) is 13.2 Å². The largest absolute Gasteiger partial charge is 0.393 e. The van der Waals surface area contributed by atoms with Crippen LogP contribution in [0.4, 0.5) is 17.6 Å². The fourth-order valence-corrected chi connectivity index (χ4v) is 2.85. The van der Waals surface area contributed by atoms with Gasteiger partial charge in [0.15, 0.2) is 0 Å². The standard InChI is InChI=1S/C15H20F4N2/c1-20-14(12-6-2-3-7-13(12)16)10-21-8-4-5-11(9-21)15(17,18)19/h2-3,6-7,11,14,20H,4-5,8-10H2,1H3. The Hall–Kier alpha value is -1.14. The lowest BCUT2D eigenvalue weighted by Crippen LogP contribution is -2.44. The van der Waals surface area contributed by atoms with Gasteiger partial charge in [0.25, 0.3) is 0 Å². The van der Waals surface area contributed by atoms with Crippen molar-refractivity contribution in [2.45, 2.75) is 25.1 Å². The van der Waals surface area contributed by atoms with Gasteiger partial charge < -0.3 is 10.2 Å². The molecule has 1 fully saturated rings. The van der Waals surface area contributed by atoms with Crippen molar-refractivity contribution in [1.29, 1.82) is 0 Å². The van der Waals surface area contributed by atoms with Gasteiger partial charge in [0.05, 0.1) is 5.92 Å². The Kier molecular flexibility index (Phi) is 5.22. The van der Waals surface area contributed by atoms with Crippen LogP contribution in [-0.4, -0.2) is 37.8 Å². The molecule has 0 spiro atoms. The Balaban J connectivity index is 2.04. The number of alkyl halides is 3. The van der Waals surface area contributed by atoms with Gasteiger partial charge in [-0.05, 0) is 32.5 Å². The Morgan fingerprint density at radius 2 is 2.05 bits per heavy atom. The number of likely N-dealkylation sites (tertiary alicyclic amines) is 1. The molecule has 0 amide bonds. The first-order valence-corrected chi connectivity index (χ1v) is 7.12. The number of likely N-dealkylation sites (N-methyl/N-ethyl adjacent to an activating group) is 1. The number of nitrogens with one attached hydrogen (secondary N) is 1. The summed E-state index contributed by atoms with van der Waals surface area (Å²) in [6.45, 7) is 0.999. The van der Waals surface area contributed by atoms with Gasteiger partial charge in [0.1, 0.15) is 5.82 Å². The van der Waals surface area contributed by atoms with E-state index in [-0.39, 0.29) is 24.8 Å². The molecule has 0 aliphatic carbocycles. The Morgan fingerprint density at radius 1 is 1.33 bits per heavy atom. The molecule has 2 unspecified atom stereocenters. The fraction of sp³-hybridized carbons (Fsp3) is 0.600. The number of nitrogens with zero attached hydrogens (tertiary/aromatic N) is 1. The van der Waals surface area contributed by atoms with E-state index >= 15 is 0 Å². The second-order valence-electron chi connectivity index (χ2n) is 5.50. The zero-order valence-electron chi connectivity index (χ0n) is 12.0. The average molecular weight is 304 g/mol. The highest BCUT2D eigenvalue weighted by Crippen LogP contribution is 2.33. The van der Waals surface area contributed by atoms with Crippen LogP contribution in [0.3, 0.4) is 0 Å². The third-order valence-corrected chi connectivity index (χ3v) is 4.04. The van der Waals surface area contributed by atoms with Crippen molar-refractivity contribution in [2.75, 3.05) is 26.7 Å². The molecule has 1 aliphatic rings. The molecule has 6 heteroatoms. The monoisotopic (exact) mass is 304 g/mol. The minimum atomic E-state index is -4.15. The van der Waals surface area contributed by atoms with Crippen molar-refractivity contribution in [3.63, 3.8) is 0 Å². The van der Waals surface area contributed by atoms with Gasteiger partial charge in [0.2, 0.25) is 0 Å². The minimum absolute atomic E-state index is 0.00384. The number of piperidine rings is 1. The van der Waals surface area contributed by atoms with E-state index in [1.165, 1.54) is 6.07 Å². The van der Waals surface area contributed by atoms with Crippen LogP contribution in [0.15, 0.2) is 24.3 Å². The molecule has 1 aliphatic heterocycles. The lowest BCUT2D eigenvalue weighted by Gasteiger charge is -2.35. The van der Waals surface area contributed by atoms with Gasteiger partial charge in [-0.3, -0.25) is 0 Å². The molecular weight excluding hydrogens is 284 g/mol. The third kappa shape index (κ3) is 4.17. The Morgan fingerprint density at radius 3 is 2.67 bits per heavy atom. The van der Waals surface area contributed by atoms with E-state index < -0.39 is 12.1 Å². The molecule has 118 valence electrons. The van der Waals surface area contributed by atoms with E-state index in [4.69, 9.17) is 0 Å². The summed E-state index contributed by atoms with van der Waals surface area (Å²) in [4.78, 5) is 1.77. The van der Waals surface area contributed by atoms with Crippen molar-refractivity contribution in [1.82, 2.24) is 10.2 Å². The molecule has 21 heavy (non-hydrogen) atoms. The summed E-state index contributed by atoms with van der Waals surface area (Å²) in [5.74, 6) is -1.61. The number of halogens is 4. The Bertz CT molecular complexity index is 461. The molecule has 2 atom stereocenters. The normalized spacial score (nSPS) is 22.2. The van der Waals surface area contributed by atoms with Crippen LogP contribution in [0.1, 0.15) is 24.4 Å². The van der Waals surface area contributed by atoms with E-state index in [1.807, 2.05) is 0 Å². The van der Waals surface area contributed by atoms with E-state index in [1.54, 1.807) is 30.1 Å². The number of benzene rings is 1. The highest BCUT2D eigenvalue weighted by Gasteiger charge is 2.41. The smallest absolute Gasteiger partial charge is 0.312 e. The van der Waals surface area contributed by atoms with Crippen LogP contribution in [0, 0.1) is 11.7 Å². The lowest BCUT2D eigenvalue weighted by atomic mass is 9.96. The summed E-state index contributed by atoms with van der Waals surface area (Å²) in [5.41, 5.74) is 0.495. The average Bonchev–Trinajstić information content (AvgIpc) is 2.45. The topological polar surface area (TPSA) is 15.3 Å². The molecule has 0 saturated carbocycles. The van der Waals surface area contributed by atoms with Crippen molar-refractivity contribution in [3.05, 3.63) is 35.6 Å². The lowest BCUT2D eigenvalue weighted by molar-refractivity contribution is -0.186. The Labute approximate surface area is 122 Å². The van der Waals surface area contributed by atoms with Crippen LogP contribution in [-0.2, 0) is 0 Å². The van der Waals surface area contributed by atoms with Crippen LogP contribution < -0.4 is 5.32 Å². The second-order valence-corrected chi connectivity index (χ2v) is 5.50. The van der Waals surface area contributed by atoms with E-state index in [0.717, 1.165) is 0 Å². The number of hydrogen-bond acceptors (Lipinski definition) is 2. The molecule has 2 rings (SSSR count). The molecule has 1 aromatic carbocycles. The highest BCUT2D eigenvalue weighted by molar-refractivity contribution is 5.21. The van der Waals surface area contributed by atoms with Crippen molar-refractivity contribution in [2.24, 2.45) is 5.92 Å². The van der Waals surface area contributed by atoms with E-state index in [0.29, 0.717) is 25.1 Å². The second kappa shape index (κ2) is 6.75. The molecule has 1 N–H and O–H groups in total. The van der Waals surface area contributed by atoms with Crippen molar-refractivity contribution in [3.8, 4) is 0 Å². The van der Waals surface area contributed by atoms with Gasteiger partial charge in [-0.25, -0.2) is 4.39 Å². The molecule has 0 bridgehead atoms. The van der Waals surface area contributed by atoms with E-state index in [2.05, 4.69) is 5.32 Å². The van der Waals surface area contributed by atoms with Crippen LogP contribution in [0.2, 0.25) is 0 Å². The third-order valence-electron chi connectivity index (χ3n) is 4.04.